The number of amides is 3. The van der Waals surface area contributed by atoms with Gasteiger partial charge in [0.2, 0.25) is 11.6 Å². The van der Waals surface area contributed by atoms with E-state index < -0.39 is 62.8 Å². The second kappa shape index (κ2) is 27.8. The van der Waals surface area contributed by atoms with Crippen LogP contribution in [-0.4, -0.2) is 162 Å². The Morgan fingerprint density at radius 2 is 1.21 bits per heavy atom. The lowest BCUT2D eigenvalue weighted by molar-refractivity contribution is -0.432. The average molecular weight is 1170 g/mol. The van der Waals surface area contributed by atoms with Crippen LogP contribution in [0.5, 0.6) is 0 Å². The highest BCUT2D eigenvalue weighted by molar-refractivity contribution is 7.86. The fourth-order valence-electron chi connectivity index (χ4n) is 9.25. The molecule has 2 aromatic rings. The van der Waals surface area contributed by atoms with E-state index in [2.05, 4.69) is 5.32 Å². The minimum absolute atomic E-state index is 0.0820. The first kappa shape index (κ1) is 63.6. The van der Waals surface area contributed by atoms with Crippen molar-refractivity contribution in [3.63, 3.8) is 0 Å². The van der Waals surface area contributed by atoms with Crippen molar-refractivity contribution in [1.82, 2.24) is 10.2 Å². The number of carbonyl (C=O) groups is 3. The molecule has 0 saturated heterocycles. The van der Waals surface area contributed by atoms with Crippen LogP contribution < -0.4 is 10.2 Å². The van der Waals surface area contributed by atoms with Crippen LogP contribution in [0.1, 0.15) is 90.2 Å². The van der Waals surface area contributed by atoms with Gasteiger partial charge in [-0.25, -0.2) is 0 Å². The zero-order valence-corrected chi connectivity index (χ0v) is 47.5. The number of anilines is 1. The molecule has 3 aliphatic rings. The largest absolute Gasteiger partial charge is 0.379 e. The van der Waals surface area contributed by atoms with E-state index in [1.165, 1.54) is 48.6 Å². The first-order valence-corrected chi connectivity index (χ1v) is 31.5. The summed E-state index contributed by atoms with van der Waals surface area (Å²) in [5.74, 6) is -1.99. The lowest BCUT2D eigenvalue weighted by atomic mass is 9.81. The van der Waals surface area contributed by atoms with Crippen LogP contribution >= 0.6 is 0 Å². The van der Waals surface area contributed by atoms with E-state index in [0.717, 1.165) is 23.3 Å². The van der Waals surface area contributed by atoms with Gasteiger partial charge in [0.15, 0.2) is 12.3 Å². The van der Waals surface area contributed by atoms with E-state index in [9.17, 15) is 66.3 Å². The van der Waals surface area contributed by atoms with Crippen molar-refractivity contribution in [2.45, 2.75) is 99.7 Å². The van der Waals surface area contributed by atoms with Crippen LogP contribution in [0.25, 0.3) is 0 Å². The van der Waals surface area contributed by atoms with E-state index in [4.69, 9.17) is 14.2 Å². The number of hydrogen-bond donors (Lipinski definition) is 5. The normalized spacial score (nSPS) is 17.2. The summed E-state index contributed by atoms with van der Waals surface area (Å²) in [7, 11) is -18.0. The summed E-state index contributed by atoms with van der Waals surface area (Å²) >= 11 is 0. The Morgan fingerprint density at radius 3 is 1.81 bits per heavy atom. The minimum atomic E-state index is -4.59. The number of nitrogens with zero attached hydrogens (tertiary/aromatic N) is 3. The van der Waals surface area contributed by atoms with Crippen LogP contribution in [0, 0.1) is 0 Å². The number of fused-ring (bicyclic) bond motifs is 2. The average Bonchev–Trinajstić information content (AvgIpc) is 4.13. The number of carbonyl (C=O) groups excluding carboxylic acids is 3. The third kappa shape index (κ3) is 18.7. The molecule has 5 N–H and O–H groups in total. The van der Waals surface area contributed by atoms with Crippen LogP contribution in [0.3, 0.4) is 0 Å². The van der Waals surface area contributed by atoms with Gasteiger partial charge in [-0.3, -0.25) is 37.5 Å². The Kier molecular flexibility index (Phi) is 22.6. The number of allylic oxidation sites excluding steroid dienone is 8. The van der Waals surface area contributed by atoms with Crippen molar-refractivity contribution in [2.75, 3.05) is 82.2 Å². The molecule has 0 radical (unpaired) electrons. The van der Waals surface area contributed by atoms with Gasteiger partial charge in [-0.1, -0.05) is 51.0 Å². The first-order valence-electron chi connectivity index (χ1n) is 25.4. The standard InChI is InChI=1S/C52H70N4O18S4/c1-51(2)42-37-40(77(66,67)68)19-21-44(42)54(27-35-75(60,61)62)46(51)16-9-14-39(15-10-17-47-52(3,4)43-38-41(78(69,70)71)20-22-45(43)55(47)28-36-76(63,64)65)13-7-5-6-8-18-48(57)53-25-11-29-72-31-33-74-34-32-73-30-12-26-56-49(58)23-24-50(56)59/h9-10,14-17,19-24,37-38H,5-8,11-13,18,25-36H2,1-4H3,(H4-,53,57,60,61,62,63,64,65,66,67,68,69,70,71)/p+1. The van der Waals surface area contributed by atoms with E-state index in [0.29, 0.717) is 125 Å². The summed E-state index contributed by atoms with van der Waals surface area (Å²) in [6, 6.07) is 7.99. The van der Waals surface area contributed by atoms with Crippen molar-refractivity contribution >= 4 is 75.3 Å². The number of unbranched alkanes of at least 4 members (excludes halogenated alkanes) is 3. The zero-order valence-electron chi connectivity index (χ0n) is 44.2. The number of ether oxygens (including phenoxy) is 3. The summed E-state index contributed by atoms with van der Waals surface area (Å²) in [6.45, 7) is 9.93. The monoisotopic (exact) mass is 1170 g/mol. The quantitative estimate of drug-likeness (QED) is 0.0200. The molecule has 2 aromatic carbocycles. The molecule has 0 fully saturated rings. The third-order valence-electron chi connectivity index (χ3n) is 13.3. The van der Waals surface area contributed by atoms with Gasteiger partial charge in [0.1, 0.15) is 5.75 Å². The summed E-state index contributed by atoms with van der Waals surface area (Å²) in [5.41, 5.74) is 2.05. The summed E-state index contributed by atoms with van der Waals surface area (Å²) in [6.07, 6.45) is 18.0. The van der Waals surface area contributed by atoms with E-state index >= 15 is 0 Å². The predicted molar refractivity (Wildman–Crippen MR) is 291 cm³/mol. The number of imide groups is 1. The zero-order chi connectivity index (χ0) is 57.5. The molecule has 78 heavy (non-hydrogen) atoms. The maximum Gasteiger partial charge on any atom is 0.294 e. The maximum absolute atomic E-state index is 12.6. The number of hydrogen-bond acceptors (Lipinski definition) is 15. The Morgan fingerprint density at radius 1 is 0.641 bits per heavy atom. The first-order chi connectivity index (χ1) is 36.5. The molecule has 0 saturated carbocycles. The van der Waals surface area contributed by atoms with Gasteiger partial charge in [-0.15, -0.1) is 0 Å². The molecule has 430 valence electrons. The van der Waals surface area contributed by atoms with Crippen molar-refractivity contribution < 1.29 is 85.1 Å². The Bertz CT molecular complexity index is 3160. The van der Waals surface area contributed by atoms with Crippen LogP contribution in [0.4, 0.5) is 11.4 Å². The minimum Gasteiger partial charge on any atom is -0.379 e. The molecule has 5 rings (SSSR count). The molecular weight excluding hydrogens is 1100 g/mol. The van der Waals surface area contributed by atoms with Crippen LogP contribution in [-0.2, 0) is 79.9 Å². The highest BCUT2D eigenvalue weighted by atomic mass is 32.2. The molecular formula is C52H71N4O18S4+. The van der Waals surface area contributed by atoms with E-state index in [-0.39, 0.29) is 40.6 Å². The van der Waals surface area contributed by atoms with Gasteiger partial charge >= 0.3 is 0 Å². The predicted octanol–water partition coefficient (Wildman–Crippen LogP) is 5.26. The molecule has 3 heterocycles. The highest BCUT2D eigenvalue weighted by Gasteiger charge is 2.45. The molecule has 0 aliphatic carbocycles. The molecule has 22 nitrogen and oxygen atoms in total. The van der Waals surface area contributed by atoms with Crippen molar-refractivity contribution in [3.05, 3.63) is 107 Å². The molecule has 0 unspecified atom stereocenters. The summed E-state index contributed by atoms with van der Waals surface area (Å²) in [5, 5.41) is 2.91. The summed E-state index contributed by atoms with van der Waals surface area (Å²) < 4.78 is 153. The van der Waals surface area contributed by atoms with Crippen molar-refractivity contribution in [2.24, 2.45) is 0 Å². The molecule has 3 amide bonds. The number of nitrogens with one attached hydrogen (secondary N) is 1. The second-order valence-corrected chi connectivity index (χ2v) is 25.8. The fourth-order valence-corrected chi connectivity index (χ4v) is 11.1. The molecule has 0 bridgehead atoms. The van der Waals surface area contributed by atoms with Crippen LogP contribution in [0.15, 0.2) is 106 Å². The fraction of sp³-hybridized carbons (Fsp3) is 0.500. The number of rotatable bonds is 33. The molecule has 0 aromatic heterocycles. The highest BCUT2D eigenvalue weighted by Crippen LogP contribution is 2.48. The van der Waals surface area contributed by atoms with Gasteiger partial charge in [0.05, 0.1) is 47.4 Å². The van der Waals surface area contributed by atoms with Crippen molar-refractivity contribution in [3.8, 4) is 0 Å². The van der Waals surface area contributed by atoms with Gasteiger partial charge in [-0.05, 0) is 93.5 Å². The smallest absolute Gasteiger partial charge is 0.294 e. The lowest BCUT2D eigenvalue weighted by Gasteiger charge is -2.26. The molecule has 26 heteroatoms. The Balaban J connectivity index is 1.20. The van der Waals surface area contributed by atoms with Gasteiger partial charge in [0, 0.05) is 85.9 Å². The third-order valence-corrected chi connectivity index (χ3v) is 16.4. The van der Waals surface area contributed by atoms with E-state index in [1.54, 1.807) is 33.8 Å². The maximum atomic E-state index is 12.6. The topological polar surface area (TPSA) is 318 Å². The SMILES string of the molecule is CC1(C)C(/C=C/C=C(/C=C/C=C2/N(CCS(=O)(=O)O)c3ccc(S(=O)(=O)O)cc3C2(C)C)CCCCCCC(=O)NCCCOCCOCCOCCCN2C(=O)C=CC2=O)=[N+](CCS(=O)(=O)O)c2ccc(S(=O)(=O)O)cc21. The second-order valence-electron chi connectivity index (χ2n) is 19.8. The summed E-state index contributed by atoms with van der Waals surface area (Å²) in [4.78, 5) is 37.9. The van der Waals surface area contributed by atoms with Gasteiger partial charge in [0.25, 0.3) is 52.3 Å². The van der Waals surface area contributed by atoms with Gasteiger partial charge in [-0.2, -0.15) is 38.2 Å². The van der Waals surface area contributed by atoms with E-state index in [1.807, 2.05) is 39.8 Å². The van der Waals surface area contributed by atoms with Gasteiger partial charge < -0.3 is 24.4 Å². The molecule has 3 aliphatic heterocycles. The Labute approximate surface area is 457 Å². The molecule has 0 spiro atoms. The number of benzene rings is 2. The lowest BCUT2D eigenvalue weighted by Crippen LogP contribution is -2.31. The van der Waals surface area contributed by atoms with Crippen LogP contribution in [0.2, 0.25) is 0 Å². The molecule has 0 atom stereocenters. The van der Waals surface area contributed by atoms with Crippen molar-refractivity contribution in [1.29, 1.82) is 0 Å². The Hall–Kier alpha value is -5.26.